The Labute approximate surface area is 135 Å². The van der Waals surface area contributed by atoms with Crippen LogP contribution in [0.25, 0.3) is 0 Å². The van der Waals surface area contributed by atoms with Crippen LogP contribution in [-0.4, -0.2) is 41.3 Å². The van der Waals surface area contributed by atoms with Crippen molar-refractivity contribution in [3.63, 3.8) is 0 Å². The summed E-state index contributed by atoms with van der Waals surface area (Å²) in [4.78, 5) is 36.9. The summed E-state index contributed by atoms with van der Waals surface area (Å²) in [5.41, 5.74) is -0.0534. The van der Waals surface area contributed by atoms with Crippen molar-refractivity contribution in [3.8, 4) is 0 Å². The van der Waals surface area contributed by atoms with Crippen LogP contribution in [0.1, 0.15) is 32.3 Å². The number of carbonyl (C=O) groups is 3. The molecule has 2 amide bonds. The first kappa shape index (κ1) is 17.0. The van der Waals surface area contributed by atoms with Crippen LogP contribution in [0.3, 0.4) is 0 Å². The van der Waals surface area contributed by atoms with E-state index >= 15 is 0 Å². The third-order valence-corrected chi connectivity index (χ3v) is 3.74. The fourth-order valence-electron chi connectivity index (χ4n) is 2.49. The lowest BCUT2D eigenvalue weighted by Crippen LogP contribution is -2.53. The van der Waals surface area contributed by atoms with Gasteiger partial charge in [-0.3, -0.25) is 9.69 Å². The Hall–Kier alpha value is -2.37. The normalized spacial score (nSPS) is 17.7. The van der Waals surface area contributed by atoms with Gasteiger partial charge in [-0.2, -0.15) is 0 Å². The number of rotatable bonds is 5. The summed E-state index contributed by atoms with van der Waals surface area (Å²) in [6.07, 6.45) is 1.48. The second-order valence-electron chi connectivity index (χ2n) is 6.22. The minimum Gasteiger partial charge on any atom is -0.445 e. The van der Waals surface area contributed by atoms with Crippen LogP contribution in [0.5, 0.6) is 0 Å². The van der Waals surface area contributed by atoms with Crippen LogP contribution < -0.4 is 5.32 Å². The quantitative estimate of drug-likeness (QED) is 0.841. The third kappa shape index (κ3) is 4.55. The highest BCUT2D eigenvalue weighted by Crippen LogP contribution is 2.19. The zero-order chi connectivity index (χ0) is 16.9. The predicted molar refractivity (Wildman–Crippen MR) is 84.6 cm³/mol. The van der Waals surface area contributed by atoms with E-state index in [2.05, 4.69) is 5.32 Å². The molecule has 0 bridgehead atoms. The van der Waals surface area contributed by atoms with Crippen molar-refractivity contribution in [3.05, 3.63) is 35.9 Å². The van der Waals surface area contributed by atoms with Gasteiger partial charge >= 0.3 is 6.09 Å². The van der Waals surface area contributed by atoms with E-state index in [9.17, 15) is 14.4 Å². The molecule has 1 aliphatic heterocycles. The lowest BCUT2D eigenvalue weighted by atomic mass is 10.1. The maximum absolute atomic E-state index is 12.3. The number of hydrogen-bond acceptors (Lipinski definition) is 4. The molecule has 6 nitrogen and oxygen atoms in total. The first-order valence-electron chi connectivity index (χ1n) is 7.68. The van der Waals surface area contributed by atoms with Gasteiger partial charge in [-0.1, -0.05) is 30.3 Å². The lowest BCUT2D eigenvalue weighted by Gasteiger charge is -2.27. The molecule has 1 aromatic rings. The van der Waals surface area contributed by atoms with Crippen LogP contribution in [0.4, 0.5) is 4.79 Å². The number of ether oxygens (including phenoxy) is 1. The molecule has 1 fully saturated rings. The average molecular weight is 318 g/mol. The fourth-order valence-corrected chi connectivity index (χ4v) is 2.49. The Kier molecular flexibility index (Phi) is 5.36. The van der Waals surface area contributed by atoms with Crippen molar-refractivity contribution in [2.24, 2.45) is 0 Å². The Morgan fingerprint density at radius 1 is 1.35 bits per heavy atom. The van der Waals surface area contributed by atoms with Crippen LogP contribution in [-0.2, 0) is 20.9 Å². The first-order valence-corrected chi connectivity index (χ1v) is 7.68. The number of nitrogens with one attached hydrogen (secondary N) is 1. The highest BCUT2D eigenvalue weighted by atomic mass is 16.6. The van der Waals surface area contributed by atoms with Gasteiger partial charge in [-0.15, -0.1) is 0 Å². The van der Waals surface area contributed by atoms with Crippen molar-refractivity contribution >= 4 is 18.3 Å². The van der Waals surface area contributed by atoms with Crippen LogP contribution in [0.2, 0.25) is 0 Å². The molecule has 0 radical (unpaired) electrons. The van der Waals surface area contributed by atoms with E-state index in [1.54, 1.807) is 13.8 Å². The van der Waals surface area contributed by atoms with Crippen molar-refractivity contribution < 1.29 is 19.1 Å². The molecule has 1 N–H and O–H groups in total. The molecule has 124 valence electrons. The number of aldehydes is 1. The van der Waals surface area contributed by atoms with Crippen LogP contribution >= 0.6 is 0 Å². The van der Waals surface area contributed by atoms with E-state index in [0.717, 1.165) is 12.0 Å². The molecule has 1 aromatic carbocycles. The number of likely N-dealkylation sites (tertiary alicyclic amines) is 1. The number of benzene rings is 1. The number of amides is 2. The highest BCUT2D eigenvalue weighted by Gasteiger charge is 2.36. The van der Waals surface area contributed by atoms with Gasteiger partial charge < -0.3 is 14.8 Å². The molecule has 0 aromatic heterocycles. The Morgan fingerprint density at radius 3 is 2.70 bits per heavy atom. The van der Waals surface area contributed by atoms with Gasteiger partial charge in [0, 0.05) is 6.54 Å². The monoisotopic (exact) mass is 318 g/mol. The minimum atomic E-state index is -0.945. The average Bonchev–Trinajstić information content (AvgIpc) is 3.03. The van der Waals surface area contributed by atoms with E-state index < -0.39 is 17.7 Å². The van der Waals surface area contributed by atoms with Gasteiger partial charge in [-0.25, -0.2) is 4.79 Å². The predicted octanol–water partition coefficient (Wildman–Crippen LogP) is 1.88. The van der Waals surface area contributed by atoms with Gasteiger partial charge in [0.1, 0.15) is 18.9 Å². The molecule has 0 unspecified atom stereocenters. The number of carbonyl (C=O) groups excluding carboxylic acids is 3. The van der Waals surface area contributed by atoms with Crippen molar-refractivity contribution in [2.75, 3.05) is 6.54 Å². The summed E-state index contributed by atoms with van der Waals surface area (Å²) in [6, 6.07) is 8.79. The molecule has 1 saturated heterocycles. The molecular formula is C17H22N2O4. The summed E-state index contributed by atoms with van der Waals surface area (Å²) in [5, 5.41) is 2.65. The van der Waals surface area contributed by atoms with E-state index in [-0.39, 0.29) is 12.5 Å². The molecule has 1 aliphatic rings. The van der Waals surface area contributed by atoms with Gasteiger partial charge in [0.15, 0.2) is 0 Å². The zero-order valence-electron chi connectivity index (χ0n) is 13.5. The van der Waals surface area contributed by atoms with Crippen molar-refractivity contribution in [1.29, 1.82) is 0 Å². The third-order valence-electron chi connectivity index (χ3n) is 3.74. The summed E-state index contributed by atoms with van der Waals surface area (Å²) in [6.45, 7) is 3.88. The molecule has 0 saturated carbocycles. The van der Waals surface area contributed by atoms with Crippen LogP contribution in [0.15, 0.2) is 30.3 Å². The molecule has 6 heteroatoms. The second-order valence-corrected chi connectivity index (χ2v) is 6.22. The summed E-state index contributed by atoms with van der Waals surface area (Å²) >= 11 is 0. The van der Waals surface area contributed by atoms with Gasteiger partial charge in [0.2, 0.25) is 5.91 Å². The summed E-state index contributed by atoms with van der Waals surface area (Å²) < 4.78 is 5.29. The Morgan fingerprint density at radius 2 is 2.04 bits per heavy atom. The second kappa shape index (κ2) is 7.26. The van der Waals surface area contributed by atoms with Gasteiger partial charge in [-0.05, 0) is 32.3 Å². The molecule has 23 heavy (non-hydrogen) atoms. The summed E-state index contributed by atoms with van der Waals surface area (Å²) in [5.74, 6) is -0.323. The van der Waals surface area contributed by atoms with Gasteiger partial charge in [0.25, 0.3) is 0 Å². The molecule has 0 spiro atoms. The SMILES string of the molecule is CC(C)(C=O)NC(=O)[C@@H]1CCCN1C(=O)OCc1ccccc1. The van der Waals surface area contributed by atoms with Crippen molar-refractivity contribution in [1.82, 2.24) is 10.2 Å². The van der Waals surface area contributed by atoms with E-state index in [1.807, 2.05) is 30.3 Å². The smallest absolute Gasteiger partial charge is 0.410 e. The first-order chi connectivity index (χ1) is 10.9. The molecule has 0 aliphatic carbocycles. The molecule has 2 rings (SSSR count). The topological polar surface area (TPSA) is 75.7 Å². The zero-order valence-corrected chi connectivity index (χ0v) is 13.5. The lowest BCUT2D eigenvalue weighted by molar-refractivity contribution is -0.129. The largest absolute Gasteiger partial charge is 0.445 e. The van der Waals surface area contributed by atoms with E-state index in [1.165, 1.54) is 4.90 Å². The number of hydrogen-bond donors (Lipinski definition) is 1. The molecular weight excluding hydrogens is 296 g/mol. The maximum atomic E-state index is 12.3. The summed E-state index contributed by atoms with van der Waals surface area (Å²) in [7, 11) is 0. The minimum absolute atomic E-state index is 0.171. The Bertz CT molecular complexity index is 571. The van der Waals surface area contributed by atoms with Crippen molar-refractivity contribution in [2.45, 2.75) is 44.9 Å². The number of nitrogens with zero attached hydrogens (tertiary/aromatic N) is 1. The highest BCUT2D eigenvalue weighted by molar-refractivity contribution is 5.88. The van der Waals surface area contributed by atoms with Gasteiger partial charge in [0.05, 0.1) is 5.54 Å². The van der Waals surface area contributed by atoms with E-state index in [0.29, 0.717) is 19.3 Å². The molecule has 1 heterocycles. The maximum Gasteiger partial charge on any atom is 0.410 e. The fraction of sp³-hybridized carbons (Fsp3) is 0.471. The van der Waals surface area contributed by atoms with E-state index in [4.69, 9.17) is 4.74 Å². The molecule has 1 atom stereocenters. The Balaban J connectivity index is 1.93. The standard InChI is InChI=1S/C17H22N2O4/c1-17(2,12-20)18-15(21)14-9-6-10-19(14)16(22)23-11-13-7-4-3-5-8-13/h3-5,7-8,12,14H,6,9-11H2,1-2H3,(H,18,21)/t14-/m0/s1. The van der Waals surface area contributed by atoms with Crippen LogP contribution in [0, 0.1) is 0 Å².